The van der Waals surface area contributed by atoms with E-state index in [4.69, 9.17) is 10.5 Å². The van der Waals surface area contributed by atoms with E-state index >= 15 is 0 Å². The highest BCUT2D eigenvalue weighted by Gasteiger charge is 2.24. The van der Waals surface area contributed by atoms with Crippen molar-refractivity contribution in [3.63, 3.8) is 0 Å². The summed E-state index contributed by atoms with van der Waals surface area (Å²) in [6.07, 6.45) is 4.47. The summed E-state index contributed by atoms with van der Waals surface area (Å²) in [5.74, 6) is 0.536. The van der Waals surface area contributed by atoms with Gasteiger partial charge >= 0.3 is 0 Å². The van der Waals surface area contributed by atoms with Crippen molar-refractivity contribution >= 4 is 17.7 Å². The van der Waals surface area contributed by atoms with E-state index in [1.807, 2.05) is 35.2 Å². The monoisotopic (exact) mass is 260 g/mol. The lowest BCUT2D eigenvalue weighted by molar-refractivity contribution is -0.125. The van der Waals surface area contributed by atoms with Crippen LogP contribution in [-0.2, 0) is 9.53 Å². The van der Waals surface area contributed by atoms with Crippen LogP contribution in [0.1, 0.15) is 12.0 Å². The van der Waals surface area contributed by atoms with E-state index in [0.717, 1.165) is 37.4 Å². The Balaban J connectivity index is 1.89. The molecule has 1 aliphatic rings. The van der Waals surface area contributed by atoms with Crippen LogP contribution in [0.25, 0.3) is 6.08 Å². The fraction of sp³-hybridized carbons (Fsp3) is 0.400. The Labute approximate surface area is 113 Å². The second kappa shape index (κ2) is 6.38. The van der Waals surface area contributed by atoms with Gasteiger partial charge < -0.3 is 15.4 Å². The summed E-state index contributed by atoms with van der Waals surface area (Å²) >= 11 is 0. The standard InChI is InChI=1S/C15H20N2O2/c1-19-11-13-8-9-17(10-13)15(18)7-4-12-2-5-14(16)6-3-12/h2-7,13H,8-11,16H2,1H3/b7-4+. The van der Waals surface area contributed by atoms with Gasteiger partial charge in [-0.1, -0.05) is 12.1 Å². The third kappa shape index (κ3) is 3.83. The molecule has 0 aliphatic carbocycles. The molecule has 1 amide bonds. The average Bonchev–Trinajstić information content (AvgIpc) is 2.87. The minimum atomic E-state index is 0.0652. The van der Waals surface area contributed by atoms with E-state index < -0.39 is 0 Å². The highest BCUT2D eigenvalue weighted by Crippen LogP contribution is 2.17. The number of hydrogen-bond acceptors (Lipinski definition) is 3. The lowest BCUT2D eigenvalue weighted by Crippen LogP contribution is -2.27. The number of carbonyl (C=O) groups excluding carboxylic acids is 1. The summed E-state index contributed by atoms with van der Waals surface area (Å²) < 4.78 is 5.13. The van der Waals surface area contributed by atoms with Crippen LogP contribution in [0.15, 0.2) is 30.3 Å². The smallest absolute Gasteiger partial charge is 0.246 e. The van der Waals surface area contributed by atoms with Gasteiger partial charge in [-0.05, 0) is 30.2 Å². The number of anilines is 1. The highest BCUT2D eigenvalue weighted by molar-refractivity contribution is 5.92. The number of nitrogens with two attached hydrogens (primary N) is 1. The molecular weight excluding hydrogens is 240 g/mol. The van der Waals surface area contributed by atoms with Gasteiger partial charge in [-0.15, -0.1) is 0 Å². The molecule has 0 bridgehead atoms. The molecule has 4 heteroatoms. The van der Waals surface area contributed by atoms with Crippen molar-refractivity contribution in [2.45, 2.75) is 6.42 Å². The van der Waals surface area contributed by atoms with E-state index in [0.29, 0.717) is 5.92 Å². The number of amides is 1. The number of ether oxygens (including phenoxy) is 1. The van der Waals surface area contributed by atoms with Crippen LogP contribution in [0.4, 0.5) is 5.69 Å². The minimum Gasteiger partial charge on any atom is -0.399 e. The fourth-order valence-corrected chi connectivity index (χ4v) is 2.28. The van der Waals surface area contributed by atoms with Crippen LogP contribution in [0, 0.1) is 5.92 Å². The zero-order valence-electron chi connectivity index (χ0n) is 11.2. The number of likely N-dealkylation sites (tertiary alicyclic amines) is 1. The van der Waals surface area contributed by atoms with Crippen molar-refractivity contribution in [3.8, 4) is 0 Å². The van der Waals surface area contributed by atoms with E-state index in [2.05, 4.69) is 0 Å². The van der Waals surface area contributed by atoms with Gasteiger partial charge in [0.15, 0.2) is 0 Å². The van der Waals surface area contributed by atoms with Crippen LogP contribution in [-0.4, -0.2) is 37.6 Å². The number of methoxy groups -OCH3 is 1. The van der Waals surface area contributed by atoms with Gasteiger partial charge in [0.1, 0.15) is 0 Å². The van der Waals surface area contributed by atoms with E-state index in [-0.39, 0.29) is 5.91 Å². The number of carbonyl (C=O) groups is 1. The third-order valence-electron chi connectivity index (χ3n) is 3.35. The largest absolute Gasteiger partial charge is 0.399 e. The average molecular weight is 260 g/mol. The topological polar surface area (TPSA) is 55.6 Å². The van der Waals surface area contributed by atoms with E-state index in [1.54, 1.807) is 13.2 Å². The van der Waals surface area contributed by atoms with Crippen molar-refractivity contribution in [1.29, 1.82) is 0 Å². The first kappa shape index (κ1) is 13.6. The number of benzene rings is 1. The Kier molecular flexibility index (Phi) is 4.58. The SMILES string of the molecule is COCC1CCN(C(=O)/C=C/c2ccc(N)cc2)C1. The van der Waals surface area contributed by atoms with Gasteiger partial charge in [0.2, 0.25) is 5.91 Å². The maximum absolute atomic E-state index is 12.0. The number of rotatable bonds is 4. The highest BCUT2D eigenvalue weighted by atomic mass is 16.5. The molecule has 1 saturated heterocycles. The molecule has 1 heterocycles. The van der Waals surface area contributed by atoms with Gasteiger partial charge in [0, 0.05) is 37.9 Å². The second-order valence-electron chi connectivity index (χ2n) is 4.89. The van der Waals surface area contributed by atoms with Crippen LogP contribution in [0.5, 0.6) is 0 Å². The number of nitrogens with zero attached hydrogens (tertiary/aromatic N) is 1. The Bertz CT molecular complexity index is 454. The maximum atomic E-state index is 12.0. The molecule has 1 atom stereocenters. The molecule has 0 aromatic heterocycles. The molecule has 4 nitrogen and oxygen atoms in total. The summed E-state index contributed by atoms with van der Waals surface area (Å²) in [4.78, 5) is 13.9. The van der Waals surface area contributed by atoms with Crippen molar-refractivity contribution in [3.05, 3.63) is 35.9 Å². The Morgan fingerprint density at radius 3 is 2.89 bits per heavy atom. The molecule has 19 heavy (non-hydrogen) atoms. The first-order valence-electron chi connectivity index (χ1n) is 6.50. The predicted molar refractivity (Wildman–Crippen MR) is 76.5 cm³/mol. The first-order chi connectivity index (χ1) is 9.19. The molecular formula is C15H20N2O2. The van der Waals surface area contributed by atoms with Gasteiger partial charge in [-0.3, -0.25) is 4.79 Å². The molecule has 1 fully saturated rings. The van der Waals surface area contributed by atoms with Crippen molar-refractivity contribution < 1.29 is 9.53 Å². The van der Waals surface area contributed by atoms with E-state index in [1.165, 1.54) is 0 Å². The third-order valence-corrected chi connectivity index (χ3v) is 3.35. The predicted octanol–water partition coefficient (Wildman–Crippen LogP) is 1.78. The molecule has 1 aliphatic heterocycles. The van der Waals surface area contributed by atoms with Crippen LogP contribution >= 0.6 is 0 Å². The molecule has 0 radical (unpaired) electrons. The van der Waals surface area contributed by atoms with Gasteiger partial charge in [-0.2, -0.15) is 0 Å². The molecule has 2 N–H and O–H groups in total. The van der Waals surface area contributed by atoms with Crippen LogP contribution in [0.3, 0.4) is 0 Å². The van der Waals surface area contributed by atoms with Crippen LogP contribution < -0.4 is 5.73 Å². The molecule has 1 aromatic rings. The van der Waals surface area contributed by atoms with Crippen molar-refractivity contribution in [2.24, 2.45) is 5.92 Å². The lowest BCUT2D eigenvalue weighted by atomic mass is 10.1. The van der Waals surface area contributed by atoms with Gasteiger partial charge in [0.05, 0.1) is 6.61 Å². The Hall–Kier alpha value is -1.81. The fourth-order valence-electron chi connectivity index (χ4n) is 2.28. The Morgan fingerprint density at radius 1 is 1.47 bits per heavy atom. The summed E-state index contributed by atoms with van der Waals surface area (Å²) in [6, 6.07) is 7.46. The molecule has 1 unspecified atom stereocenters. The maximum Gasteiger partial charge on any atom is 0.246 e. The molecule has 102 valence electrons. The Morgan fingerprint density at radius 2 is 2.21 bits per heavy atom. The summed E-state index contributed by atoms with van der Waals surface area (Å²) in [5.41, 5.74) is 7.32. The van der Waals surface area contributed by atoms with Crippen LogP contribution in [0.2, 0.25) is 0 Å². The molecule has 0 saturated carbocycles. The zero-order valence-corrected chi connectivity index (χ0v) is 11.2. The lowest BCUT2D eigenvalue weighted by Gasteiger charge is -2.13. The normalized spacial score (nSPS) is 19.2. The second-order valence-corrected chi connectivity index (χ2v) is 4.89. The van der Waals surface area contributed by atoms with Crippen molar-refractivity contribution in [2.75, 3.05) is 32.5 Å². The zero-order chi connectivity index (χ0) is 13.7. The molecule has 0 spiro atoms. The van der Waals surface area contributed by atoms with E-state index in [9.17, 15) is 4.79 Å². The summed E-state index contributed by atoms with van der Waals surface area (Å²) in [6.45, 7) is 2.34. The van der Waals surface area contributed by atoms with Crippen molar-refractivity contribution in [1.82, 2.24) is 4.90 Å². The number of nitrogen functional groups attached to an aromatic ring is 1. The summed E-state index contributed by atoms with van der Waals surface area (Å²) in [7, 11) is 1.70. The summed E-state index contributed by atoms with van der Waals surface area (Å²) in [5, 5.41) is 0. The minimum absolute atomic E-state index is 0.0652. The van der Waals surface area contributed by atoms with Gasteiger partial charge in [0.25, 0.3) is 0 Å². The molecule has 1 aromatic carbocycles. The number of hydrogen-bond donors (Lipinski definition) is 1. The van der Waals surface area contributed by atoms with Gasteiger partial charge in [-0.25, -0.2) is 0 Å². The first-order valence-corrected chi connectivity index (χ1v) is 6.50. The molecule has 2 rings (SSSR count). The quantitative estimate of drug-likeness (QED) is 0.663.